The van der Waals surface area contributed by atoms with Crippen molar-refractivity contribution in [3.8, 4) is 11.5 Å². The van der Waals surface area contributed by atoms with Gasteiger partial charge < -0.3 is 9.47 Å². The van der Waals surface area contributed by atoms with Gasteiger partial charge in [0.15, 0.2) is 11.5 Å². The Kier molecular flexibility index (Phi) is 3.12. The maximum Gasteiger partial charge on any atom is 0.212 e. The molecular formula is C12H12N4O2S. The van der Waals surface area contributed by atoms with Crippen LogP contribution in [0.3, 0.4) is 0 Å². The first-order chi connectivity index (χ1) is 9.31. The molecule has 1 aromatic carbocycles. The largest absolute Gasteiger partial charge is 0.493 e. The molecule has 0 aliphatic carbocycles. The van der Waals surface area contributed by atoms with Gasteiger partial charge >= 0.3 is 0 Å². The van der Waals surface area contributed by atoms with Crippen LogP contribution in [-0.4, -0.2) is 40.6 Å². The molecule has 0 radical (unpaired) electrons. The van der Waals surface area contributed by atoms with E-state index in [1.165, 1.54) is 0 Å². The van der Waals surface area contributed by atoms with E-state index in [4.69, 9.17) is 9.47 Å². The predicted molar refractivity (Wildman–Crippen MR) is 72.2 cm³/mol. The van der Waals surface area contributed by atoms with Gasteiger partial charge in [-0.05, 0) is 18.2 Å². The Hall–Kier alpha value is -2.02. The van der Waals surface area contributed by atoms with E-state index in [-0.39, 0.29) is 0 Å². The zero-order chi connectivity index (χ0) is 13.2. The third-order valence-electron chi connectivity index (χ3n) is 2.78. The van der Waals surface area contributed by atoms with Gasteiger partial charge in [-0.15, -0.1) is 10.2 Å². The van der Waals surface area contributed by atoms with Crippen LogP contribution in [0.4, 0.5) is 0 Å². The monoisotopic (exact) mass is 276 g/mol. The fourth-order valence-electron chi connectivity index (χ4n) is 1.83. The molecule has 2 heterocycles. The highest BCUT2D eigenvalue weighted by Gasteiger charge is 2.16. The van der Waals surface area contributed by atoms with Crippen molar-refractivity contribution in [2.75, 3.05) is 20.0 Å². The maximum atomic E-state index is 5.30. The van der Waals surface area contributed by atoms with Gasteiger partial charge in [0.1, 0.15) is 6.33 Å². The quantitative estimate of drug-likeness (QED) is 0.853. The molecule has 2 aromatic rings. The van der Waals surface area contributed by atoms with E-state index >= 15 is 0 Å². The Labute approximate surface area is 114 Å². The third-order valence-corrected chi connectivity index (χ3v) is 3.73. The van der Waals surface area contributed by atoms with E-state index in [0.717, 1.165) is 22.2 Å². The van der Waals surface area contributed by atoms with Gasteiger partial charge in [-0.3, -0.25) is 0 Å². The van der Waals surface area contributed by atoms with Crippen molar-refractivity contribution in [1.82, 2.24) is 14.9 Å². The molecule has 19 heavy (non-hydrogen) atoms. The smallest absolute Gasteiger partial charge is 0.212 e. The Morgan fingerprint density at radius 1 is 1.21 bits per heavy atom. The molecule has 0 amide bonds. The second-order valence-electron chi connectivity index (χ2n) is 3.86. The van der Waals surface area contributed by atoms with Crippen LogP contribution in [0.2, 0.25) is 0 Å². The van der Waals surface area contributed by atoms with Crippen LogP contribution >= 0.6 is 11.8 Å². The molecule has 0 atom stereocenters. The topological polar surface area (TPSA) is 61.5 Å². The summed E-state index contributed by atoms with van der Waals surface area (Å²) in [5.74, 6) is 2.16. The molecule has 3 rings (SSSR count). The number of hydrogen-bond acceptors (Lipinski definition) is 6. The first kappa shape index (κ1) is 12.0. The molecule has 0 saturated carbocycles. The number of benzene rings is 1. The lowest BCUT2D eigenvalue weighted by Gasteiger charge is -2.14. The zero-order valence-electron chi connectivity index (χ0n) is 10.5. The van der Waals surface area contributed by atoms with Gasteiger partial charge in [0.2, 0.25) is 5.16 Å². The molecule has 6 nitrogen and oxygen atoms in total. The van der Waals surface area contributed by atoms with Crippen LogP contribution in [0.1, 0.15) is 5.56 Å². The molecule has 1 aliphatic rings. The number of methoxy groups -OCH3 is 2. The number of thioether (sulfide) groups is 1. The molecule has 0 spiro atoms. The Balaban J connectivity index is 2.00. The first-order valence-electron chi connectivity index (χ1n) is 5.65. The summed E-state index contributed by atoms with van der Waals surface area (Å²) in [7, 11) is 3.24. The predicted octanol–water partition coefficient (Wildman–Crippen LogP) is 1.65. The second-order valence-corrected chi connectivity index (χ2v) is 4.81. The highest BCUT2D eigenvalue weighted by Crippen LogP contribution is 2.29. The Bertz CT molecular complexity index is 638. The van der Waals surface area contributed by atoms with E-state index in [9.17, 15) is 0 Å². The normalized spacial score (nSPS) is 13.7. The lowest BCUT2D eigenvalue weighted by Crippen LogP contribution is -2.13. The van der Waals surface area contributed by atoms with Crippen LogP contribution in [0.25, 0.3) is 0 Å². The van der Waals surface area contributed by atoms with Crippen molar-refractivity contribution in [3.05, 3.63) is 30.1 Å². The highest BCUT2D eigenvalue weighted by molar-refractivity contribution is 7.99. The van der Waals surface area contributed by atoms with Crippen molar-refractivity contribution in [1.29, 1.82) is 0 Å². The van der Waals surface area contributed by atoms with E-state index < -0.39 is 0 Å². The van der Waals surface area contributed by atoms with Crippen LogP contribution in [0, 0.1) is 0 Å². The molecule has 0 bridgehead atoms. The number of rotatable bonds is 3. The lowest BCUT2D eigenvalue weighted by molar-refractivity contribution is 0.355. The SMILES string of the molecule is COc1ccc(C2=Nn3cnnc3SC2)cc1OC. The van der Waals surface area contributed by atoms with Crippen LogP contribution in [0.15, 0.2) is 34.8 Å². The molecule has 0 fully saturated rings. The lowest BCUT2D eigenvalue weighted by atomic mass is 10.1. The molecule has 98 valence electrons. The summed E-state index contributed by atoms with van der Waals surface area (Å²) in [6, 6.07) is 5.77. The minimum atomic E-state index is 0.697. The average Bonchev–Trinajstić information content (AvgIpc) is 2.93. The summed E-state index contributed by atoms with van der Waals surface area (Å²) in [6.45, 7) is 0. The molecule has 1 aromatic heterocycles. The van der Waals surface area contributed by atoms with Crippen molar-refractivity contribution >= 4 is 17.5 Å². The van der Waals surface area contributed by atoms with Crippen molar-refractivity contribution in [2.45, 2.75) is 5.16 Å². The fraction of sp³-hybridized carbons (Fsp3) is 0.250. The fourth-order valence-corrected chi connectivity index (χ4v) is 2.65. The van der Waals surface area contributed by atoms with E-state index in [1.807, 2.05) is 18.2 Å². The molecule has 0 N–H and O–H groups in total. The van der Waals surface area contributed by atoms with Crippen LogP contribution in [-0.2, 0) is 0 Å². The Morgan fingerprint density at radius 2 is 2.05 bits per heavy atom. The number of nitrogens with zero attached hydrogens (tertiary/aromatic N) is 4. The number of hydrogen-bond donors (Lipinski definition) is 0. The number of aromatic nitrogens is 3. The molecular weight excluding hydrogens is 264 g/mol. The highest BCUT2D eigenvalue weighted by atomic mass is 32.2. The van der Waals surface area contributed by atoms with Gasteiger partial charge in [0, 0.05) is 11.3 Å². The summed E-state index contributed by atoms with van der Waals surface area (Å²) >= 11 is 1.61. The summed E-state index contributed by atoms with van der Waals surface area (Å²) in [6.07, 6.45) is 1.60. The summed E-state index contributed by atoms with van der Waals surface area (Å²) in [4.78, 5) is 0. The minimum Gasteiger partial charge on any atom is -0.493 e. The van der Waals surface area contributed by atoms with Gasteiger partial charge in [-0.2, -0.15) is 9.78 Å². The molecule has 0 unspecified atom stereocenters. The standard InChI is InChI=1S/C12H12N4O2S/c1-17-10-4-3-8(5-11(10)18-2)9-6-19-12-14-13-7-16(12)15-9/h3-5,7H,6H2,1-2H3. The van der Waals surface area contributed by atoms with Crippen molar-refractivity contribution in [3.63, 3.8) is 0 Å². The second kappa shape index (κ2) is 4.93. The van der Waals surface area contributed by atoms with Crippen molar-refractivity contribution in [2.24, 2.45) is 5.10 Å². The van der Waals surface area contributed by atoms with Gasteiger partial charge in [-0.25, -0.2) is 0 Å². The van der Waals surface area contributed by atoms with Crippen LogP contribution in [0.5, 0.6) is 11.5 Å². The third kappa shape index (κ3) is 2.17. The number of ether oxygens (including phenoxy) is 2. The molecule has 0 saturated heterocycles. The summed E-state index contributed by atoms with van der Waals surface area (Å²) < 4.78 is 12.2. The van der Waals surface area contributed by atoms with E-state index in [2.05, 4.69) is 15.3 Å². The van der Waals surface area contributed by atoms with Gasteiger partial charge in [-0.1, -0.05) is 11.8 Å². The molecule has 1 aliphatic heterocycles. The van der Waals surface area contributed by atoms with Gasteiger partial charge in [0.25, 0.3) is 0 Å². The number of fused-ring (bicyclic) bond motifs is 1. The van der Waals surface area contributed by atoms with Crippen molar-refractivity contribution < 1.29 is 9.47 Å². The van der Waals surface area contributed by atoms with Crippen LogP contribution < -0.4 is 9.47 Å². The Morgan fingerprint density at radius 3 is 2.84 bits per heavy atom. The summed E-state index contributed by atoms with van der Waals surface area (Å²) in [5.41, 5.74) is 1.96. The summed E-state index contributed by atoms with van der Waals surface area (Å²) in [5, 5.41) is 13.1. The van der Waals surface area contributed by atoms with E-state index in [0.29, 0.717) is 11.5 Å². The molecule has 7 heteroatoms. The average molecular weight is 276 g/mol. The first-order valence-corrected chi connectivity index (χ1v) is 6.63. The maximum absolute atomic E-state index is 5.30. The minimum absolute atomic E-state index is 0.697. The van der Waals surface area contributed by atoms with Gasteiger partial charge in [0.05, 0.1) is 19.9 Å². The zero-order valence-corrected chi connectivity index (χ0v) is 11.3. The van der Waals surface area contributed by atoms with E-state index in [1.54, 1.807) is 37.0 Å².